The Morgan fingerprint density at radius 2 is 0.684 bits per heavy atom. The van der Waals surface area contributed by atoms with E-state index in [1.165, 1.54) is 88.1 Å². The summed E-state index contributed by atoms with van der Waals surface area (Å²) in [5.74, 6) is 0. The molecule has 2 aromatic heterocycles. The van der Waals surface area contributed by atoms with Crippen molar-refractivity contribution in [1.82, 2.24) is 9.13 Å². The van der Waals surface area contributed by atoms with Crippen molar-refractivity contribution in [2.45, 2.75) is 0 Å². The molecule has 0 aliphatic heterocycles. The Kier molecular flexibility index (Phi) is 8.01. The van der Waals surface area contributed by atoms with Crippen LogP contribution >= 0.6 is 15.9 Å². The summed E-state index contributed by atoms with van der Waals surface area (Å²) >= 11 is 3.75. The molecule has 0 saturated heterocycles. The fourth-order valence-electron chi connectivity index (χ4n) is 8.67. The van der Waals surface area contributed by atoms with E-state index in [0.717, 1.165) is 15.8 Å². The highest BCUT2D eigenvalue weighted by Gasteiger charge is 2.17. The van der Waals surface area contributed by atoms with Gasteiger partial charge in [0.25, 0.3) is 0 Å². The minimum absolute atomic E-state index is 1.06. The first-order valence-corrected chi connectivity index (χ1v) is 20.2. The Morgan fingerprint density at radius 3 is 1.30 bits per heavy atom. The van der Waals surface area contributed by atoms with Gasteiger partial charge in [-0.25, -0.2) is 0 Å². The fourth-order valence-corrected chi connectivity index (χ4v) is 9.07. The summed E-state index contributed by atoms with van der Waals surface area (Å²) < 4.78 is 5.85. The van der Waals surface area contributed by atoms with E-state index in [1.807, 2.05) is 0 Å². The molecule has 0 saturated carbocycles. The maximum Gasteiger partial charge on any atom is 0.0547 e. The van der Waals surface area contributed by atoms with E-state index in [4.69, 9.17) is 0 Å². The lowest BCUT2D eigenvalue weighted by atomic mass is 9.92. The van der Waals surface area contributed by atoms with E-state index in [0.29, 0.717) is 0 Å². The zero-order valence-corrected chi connectivity index (χ0v) is 32.6. The van der Waals surface area contributed by atoms with Crippen molar-refractivity contribution in [1.29, 1.82) is 0 Å². The molecule has 0 bridgehead atoms. The van der Waals surface area contributed by atoms with E-state index in [2.05, 4.69) is 237 Å². The normalized spacial score (nSPS) is 11.6. The molecule has 0 aliphatic carbocycles. The van der Waals surface area contributed by atoms with Gasteiger partial charge in [-0.05, 0) is 136 Å². The third-order valence-electron chi connectivity index (χ3n) is 11.3. The average Bonchev–Trinajstić information content (AvgIpc) is 3.79. The number of rotatable bonds is 6. The van der Waals surface area contributed by atoms with E-state index in [1.54, 1.807) is 0 Å². The lowest BCUT2D eigenvalue weighted by Crippen LogP contribution is -1.94. The fraction of sp³-hybridized carbons (Fsp3) is 0. The molecule has 2 nitrogen and oxygen atoms in total. The maximum absolute atomic E-state index is 3.75. The molecule has 2 heterocycles. The topological polar surface area (TPSA) is 9.86 Å². The van der Waals surface area contributed by atoms with Gasteiger partial charge in [0.05, 0.1) is 22.1 Å². The highest BCUT2D eigenvalue weighted by atomic mass is 79.9. The van der Waals surface area contributed by atoms with Gasteiger partial charge < -0.3 is 9.13 Å². The van der Waals surface area contributed by atoms with Gasteiger partial charge in [0.2, 0.25) is 0 Å². The van der Waals surface area contributed by atoms with Crippen LogP contribution in [-0.2, 0) is 0 Å². The average molecular weight is 792 g/mol. The number of benzene rings is 9. The highest BCUT2D eigenvalue weighted by molar-refractivity contribution is 9.10. The second-order valence-electron chi connectivity index (χ2n) is 14.7. The van der Waals surface area contributed by atoms with Crippen molar-refractivity contribution in [2.24, 2.45) is 0 Å². The maximum atomic E-state index is 3.75. The molecule has 11 aromatic rings. The number of fused-ring (bicyclic) bond motifs is 6. The minimum atomic E-state index is 1.06. The number of hydrogen-bond acceptors (Lipinski definition) is 0. The van der Waals surface area contributed by atoms with Gasteiger partial charge >= 0.3 is 0 Å². The van der Waals surface area contributed by atoms with Gasteiger partial charge in [-0.3, -0.25) is 0 Å². The molecule has 0 unspecified atom stereocenters. The van der Waals surface area contributed by atoms with Crippen molar-refractivity contribution in [3.05, 3.63) is 217 Å². The summed E-state index contributed by atoms with van der Waals surface area (Å²) in [5, 5.41) is 4.97. The quantitative estimate of drug-likeness (QED) is 0.159. The summed E-state index contributed by atoms with van der Waals surface area (Å²) in [4.78, 5) is 0. The Bertz CT molecular complexity index is 3280. The third-order valence-corrected chi connectivity index (χ3v) is 11.8. The van der Waals surface area contributed by atoms with Crippen molar-refractivity contribution in [3.63, 3.8) is 0 Å². The highest BCUT2D eigenvalue weighted by Crippen LogP contribution is 2.41. The van der Waals surface area contributed by atoms with Crippen LogP contribution in [0.5, 0.6) is 0 Å². The number of hydrogen-bond donors (Lipinski definition) is 0. The smallest absolute Gasteiger partial charge is 0.0547 e. The van der Waals surface area contributed by atoms with Crippen LogP contribution in [-0.4, -0.2) is 9.13 Å². The van der Waals surface area contributed by atoms with Gasteiger partial charge in [-0.1, -0.05) is 137 Å². The molecule has 0 aliphatic rings. The molecule has 0 radical (unpaired) electrons. The first-order chi connectivity index (χ1) is 28.2. The Labute approximate surface area is 339 Å². The number of nitrogens with zero attached hydrogens (tertiary/aromatic N) is 2. The van der Waals surface area contributed by atoms with E-state index in [-0.39, 0.29) is 0 Å². The number of para-hydroxylation sites is 3. The molecule has 57 heavy (non-hydrogen) atoms. The molecule has 11 rings (SSSR count). The predicted molar refractivity (Wildman–Crippen MR) is 245 cm³/mol. The van der Waals surface area contributed by atoms with Crippen molar-refractivity contribution in [3.8, 4) is 55.9 Å². The van der Waals surface area contributed by atoms with Gasteiger partial charge in [0, 0.05) is 37.4 Å². The summed E-state index contributed by atoms with van der Waals surface area (Å²) in [5.41, 5.74) is 16.6. The molecule has 0 fully saturated rings. The SMILES string of the molecule is Brc1cccc(-c2cc(-c3ccc4c(c3)c3ccccc3n4-c3ccccc3)cc(-c3ccc4c5cc(-c6ccccc6)ccc5n(-c5ccccc5)c4c3)c2)c1. The van der Waals surface area contributed by atoms with Gasteiger partial charge in [0.15, 0.2) is 0 Å². The molecule has 0 spiro atoms. The zero-order chi connectivity index (χ0) is 37.9. The number of aromatic nitrogens is 2. The van der Waals surface area contributed by atoms with Crippen molar-refractivity contribution in [2.75, 3.05) is 0 Å². The molecular weight excluding hydrogens is 757 g/mol. The zero-order valence-electron chi connectivity index (χ0n) is 31.0. The van der Waals surface area contributed by atoms with Gasteiger partial charge in [0.1, 0.15) is 0 Å². The van der Waals surface area contributed by atoms with Crippen LogP contribution in [0.4, 0.5) is 0 Å². The molecule has 9 aromatic carbocycles. The van der Waals surface area contributed by atoms with Gasteiger partial charge in [-0.2, -0.15) is 0 Å². The van der Waals surface area contributed by atoms with Crippen LogP contribution in [0, 0.1) is 0 Å². The third kappa shape index (κ3) is 5.78. The van der Waals surface area contributed by atoms with Crippen LogP contribution in [0.15, 0.2) is 217 Å². The molecule has 0 N–H and O–H groups in total. The molecule has 3 heteroatoms. The molecule has 0 atom stereocenters. The summed E-state index contributed by atoms with van der Waals surface area (Å²) in [6, 6.07) is 77.3. The molecule has 0 amide bonds. The number of halogens is 1. The van der Waals surface area contributed by atoms with Crippen molar-refractivity contribution >= 4 is 59.5 Å². The predicted octanol–water partition coefficient (Wildman–Crippen LogP) is 15.3. The summed E-state index contributed by atoms with van der Waals surface area (Å²) in [7, 11) is 0. The first-order valence-electron chi connectivity index (χ1n) is 19.4. The monoisotopic (exact) mass is 790 g/mol. The molecular formula is C54H35BrN2. The Hall–Kier alpha value is -6.94. The van der Waals surface area contributed by atoms with Gasteiger partial charge in [-0.15, -0.1) is 0 Å². The van der Waals surface area contributed by atoms with E-state index < -0.39 is 0 Å². The Morgan fingerprint density at radius 1 is 0.246 bits per heavy atom. The summed E-state index contributed by atoms with van der Waals surface area (Å²) in [6.07, 6.45) is 0. The lowest BCUT2D eigenvalue weighted by Gasteiger charge is -2.13. The minimum Gasteiger partial charge on any atom is -0.309 e. The standard InChI is InChI=1S/C54H35BrN2/c55-44-16-12-15-37(32-44)41-29-42(39-25-28-52-49(34-39)47-21-10-11-22-51(47)56(52)45-17-6-2-7-18-45)31-43(30-41)40-23-26-48-50-33-38(36-13-4-1-5-14-36)24-27-53(50)57(54(48)35-40)46-19-8-3-9-20-46/h1-35H. The van der Waals surface area contributed by atoms with Crippen molar-refractivity contribution < 1.29 is 0 Å². The van der Waals surface area contributed by atoms with Crippen LogP contribution in [0.25, 0.3) is 99.5 Å². The largest absolute Gasteiger partial charge is 0.309 e. The van der Waals surface area contributed by atoms with Crippen LogP contribution in [0.2, 0.25) is 0 Å². The van der Waals surface area contributed by atoms with Crippen LogP contribution in [0.3, 0.4) is 0 Å². The molecule has 268 valence electrons. The first kappa shape index (κ1) is 33.4. The lowest BCUT2D eigenvalue weighted by molar-refractivity contribution is 1.18. The second-order valence-corrected chi connectivity index (χ2v) is 15.6. The van der Waals surface area contributed by atoms with Crippen LogP contribution < -0.4 is 0 Å². The van der Waals surface area contributed by atoms with Crippen LogP contribution in [0.1, 0.15) is 0 Å². The van der Waals surface area contributed by atoms with E-state index in [9.17, 15) is 0 Å². The summed E-state index contributed by atoms with van der Waals surface area (Å²) in [6.45, 7) is 0. The Balaban J connectivity index is 1.13. The second kappa shape index (κ2) is 13.7. The van der Waals surface area contributed by atoms with E-state index >= 15 is 0 Å².